The van der Waals surface area contributed by atoms with Crippen LogP contribution in [-0.2, 0) is 19.1 Å². The van der Waals surface area contributed by atoms with Gasteiger partial charge in [0, 0.05) is 20.8 Å². The van der Waals surface area contributed by atoms with Crippen molar-refractivity contribution in [1.29, 1.82) is 0 Å². The van der Waals surface area contributed by atoms with Crippen molar-refractivity contribution >= 4 is 56.0 Å². The number of hydrogen-bond acceptors (Lipinski definition) is 7. The van der Waals surface area contributed by atoms with Crippen LogP contribution in [0.15, 0.2) is 77.3 Å². The predicted molar refractivity (Wildman–Crippen MR) is 182 cm³/mol. The molecule has 1 atom stereocenters. The minimum Gasteiger partial charge on any atom is -0.460 e. The molecule has 5 rings (SSSR count). The lowest BCUT2D eigenvalue weighted by Crippen LogP contribution is -2.46. The maximum Gasteiger partial charge on any atom is 0.407 e. The molecule has 2 amide bonds. The number of halogens is 1. The summed E-state index contributed by atoms with van der Waals surface area (Å²) in [5.74, 6) is -1.78. The van der Waals surface area contributed by atoms with Crippen molar-refractivity contribution in [3.8, 4) is 11.1 Å². The topological polar surface area (TPSA) is 111 Å². The summed E-state index contributed by atoms with van der Waals surface area (Å²) in [5, 5.41) is 5.71. The maximum absolute atomic E-state index is 13.7. The molecule has 10 heteroatoms. The van der Waals surface area contributed by atoms with E-state index < -0.39 is 36.0 Å². The summed E-state index contributed by atoms with van der Waals surface area (Å²) in [6.07, 6.45) is -1.29. The molecule has 1 aromatic heterocycles. The number of ketones is 1. The Kier molecular flexibility index (Phi) is 9.79. The van der Waals surface area contributed by atoms with E-state index in [-0.39, 0.29) is 18.3 Å². The molecule has 2 N–H and O–H groups in total. The first-order valence-electron chi connectivity index (χ1n) is 14.9. The third-order valence-corrected chi connectivity index (χ3v) is 9.35. The number of thiophene rings is 1. The fourth-order valence-electron chi connectivity index (χ4n) is 5.47. The lowest BCUT2D eigenvalue weighted by atomic mass is 9.98. The van der Waals surface area contributed by atoms with Gasteiger partial charge in [-0.2, -0.15) is 0 Å². The number of benzene rings is 3. The Morgan fingerprint density at radius 1 is 0.891 bits per heavy atom. The first-order chi connectivity index (χ1) is 21.8. The molecule has 3 aromatic carbocycles. The van der Waals surface area contributed by atoms with Crippen molar-refractivity contribution in [2.75, 3.05) is 11.9 Å². The Hall–Kier alpha value is -4.28. The molecule has 1 aliphatic rings. The molecule has 238 valence electrons. The summed E-state index contributed by atoms with van der Waals surface area (Å²) in [4.78, 5) is 54.1. The van der Waals surface area contributed by atoms with Gasteiger partial charge in [0.05, 0.1) is 12.0 Å². The van der Waals surface area contributed by atoms with Gasteiger partial charge in [0.15, 0.2) is 5.78 Å². The van der Waals surface area contributed by atoms with Crippen molar-refractivity contribution in [1.82, 2.24) is 5.32 Å². The Bertz CT molecular complexity index is 1760. The van der Waals surface area contributed by atoms with Crippen molar-refractivity contribution < 1.29 is 28.7 Å². The standard InChI is InChI=1S/C36H35BrN2O6S/c1-20-21(2)46-34(31(20)32(41)22-14-16-23(37)17-15-22)39-33(42)29(18-30(40)45-36(3,4)5)38-35(43)44-19-28-26-12-8-6-10-24(26)25-11-7-9-13-27(25)28/h6-17,28-29H,18-19H2,1-5H3,(H,38,43)(H,39,42). The van der Waals surface area contributed by atoms with Gasteiger partial charge in [-0.05, 0) is 86.7 Å². The number of carbonyl (C=O) groups is 4. The van der Waals surface area contributed by atoms with Gasteiger partial charge >= 0.3 is 12.1 Å². The highest BCUT2D eigenvalue weighted by Crippen LogP contribution is 2.44. The van der Waals surface area contributed by atoms with Crippen LogP contribution in [0.3, 0.4) is 0 Å². The molecule has 46 heavy (non-hydrogen) atoms. The number of anilines is 1. The molecule has 1 unspecified atom stereocenters. The molecule has 0 saturated heterocycles. The number of hydrogen-bond donors (Lipinski definition) is 2. The van der Waals surface area contributed by atoms with Crippen LogP contribution in [0.5, 0.6) is 0 Å². The Morgan fingerprint density at radius 2 is 1.48 bits per heavy atom. The number of rotatable bonds is 9. The third kappa shape index (κ3) is 7.40. The summed E-state index contributed by atoms with van der Waals surface area (Å²) >= 11 is 4.64. The lowest BCUT2D eigenvalue weighted by Gasteiger charge is -2.23. The quantitative estimate of drug-likeness (QED) is 0.135. The highest BCUT2D eigenvalue weighted by molar-refractivity contribution is 9.10. The third-order valence-electron chi connectivity index (χ3n) is 7.70. The monoisotopic (exact) mass is 702 g/mol. The normalized spacial score (nSPS) is 12.9. The number of fused-ring (bicyclic) bond motifs is 3. The first kappa shape index (κ1) is 33.1. The van der Waals surface area contributed by atoms with Gasteiger partial charge in [-0.1, -0.05) is 64.5 Å². The minimum atomic E-state index is -1.33. The average molecular weight is 704 g/mol. The fraction of sp³-hybridized carbons (Fsp3) is 0.278. The number of nitrogens with one attached hydrogen (secondary N) is 2. The molecule has 4 aromatic rings. The van der Waals surface area contributed by atoms with E-state index in [0.29, 0.717) is 16.1 Å². The van der Waals surface area contributed by atoms with Gasteiger partial charge in [-0.25, -0.2) is 4.79 Å². The molecule has 0 fully saturated rings. The van der Waals surface area contributed by atoms with Crippen LogP contribution in [0.4, 0.5) is 9.80 Å². The summed E-state index contributed by atoms with van der Waals surface area (Å²) in [5.41, 5.74) is 5.03. The Balaban J connectivity index is 1.34. The van der Waals surface area contributed by atoms with Crippen LogP contribution < -0.4 is 10.6 Å². The Morgan fingerprint density at radius 3 is 2.07 bits per heavy atom. The van der Waals surface area contributed by atoms with E-state index >= 15 is 0 Å². The van der Waals surface area contributed by atoms with Gasteiger partial charge in [0.25, 0.3) is 0 Å². The Labute approximate surface area is 280 Å². The van der Waals surface area contributed by atoms with Crippen LogP contribution in [0.25, 0.3) is 11.1 Å². The summed E-state index contributed by atoms with van der Waals surface area (Å²) in [6, 6.07) is 21.6. The number of amides is 2. The van der Waals surface area contributed by atoms with Crippen LogP contribution >= 0.6 is 27.3 Å². The molecule has 0 saturated carbocycles. The van der Waals surface area contributed by atoms with E-state index in [4.69, 9.17) is 9.47 Å². The van der Waals surface area contributed by atoms with E-state index in [9.17, 15) is 19.2 Å². The van der Waals surface area contributed by atoms with Gasteiger partial charge in [0.1, 0.15) is 23.3 Å². The predicted octanol–water partition coefficient (Wildman–Crippen LogP) is 7.94. The number of ether oxygens (including phenoxy) is 2. The van der Waals surface area contributed by atoms with Gasteiger partial charge < -0.3 is 20.1 Å². The molecule has 0 radical (unpaired) electrons. The number of carbonyl (C=O) groups excluding carboxylic acids is 4. The van der Waals surface area contributed by atoms with Crippen LogP contribution in [-0.4, -0.2) is 42.0 Å². The molecular weight excluding hydrogens is 668 g/mol. The summed E-state index contributed by atoms with van der Waals surface area (Å²) < 4.78 is 12.0. The highest BCUT2D eigenvalue weighted by Gasteiger charge is 2.32. The SMILES string of the molecule is Cc1sc(NC(=O)C(CC(=O)OC(C)(C)C)NC(=O)OCC2c3ccccc3-c3ccccc32)c(C(=O)c2ccc(Br)cc2)c1C. The highest BCUT2D eigenvalue weighted by atomic mass is 79.9. The second-order valence-corrected chi connectivity index (χ2v) is 14.3. The second-order valence-electron chi connectivity index (χ2n) is 12.1. The minimum absolute atomic E-state index is 0.0375. The number of aryl methyl sites for hydroxylation is 1. The van der Waals surface area contributed by atoms with E-state index in [1.807, 2.05) is 62.4 Å². The maximum atomic E-state index is 13.7. The molecule has 1 aliphatic carbocycles. The van der Waals surface area contributed by atoms with Gasteiger partial charge in [-0.15, -0.1) is 11.3 Å². The fourth-order valence-corrected chi connectivity index (χ4v) is 6.80. The molecular formula is C36H35BrN2O6S. The van der Waals surface area contributed by atoms with Crippen molar-refractivity contribution in [2.24, 2.45) is 0 Å². The molecule has 8 nitrogen and oxygen atoms in total. The zero-order chi connectivity index (χ0) is 33.2. The van der Waals surface area contributed by atoms with Crippen LogP contribution in [0.2, 0.25) is 0 Å². The van der Waals surface area contributed by atoms with Crippen molar-refractivity contribution in [3.05, 3.63) is 110 Å². The van der Waals surface area contributed by atoms with E-state index in [0.717, 1.165) is 37.2 Å². The van der Waals surface area contributed by atoms with Crippen molar-refractivity contribution in [2.45, 2.75) is 58.6 Å². The zero-order valence-electron chi connectivity index (χ0n) is 26.2. The second kappa shape index (κ2) is 13.6. The summed E-state index contributed by atoms with van der Waals surface area (Å²) in [6.45, 7) is 8.88. The smallest absolute Gasteiger partial charge is 0.407 e. The summed E-state index contributed by atoms with van der Waals surface area (Å²) in [7, 11) is 0. The van der Waals surface area contributed by atoms with E-state index in [1.54, 1.807) is 45.0 Å². The molecule has 0 bridgehead atoms. The largest absolute Gasteiger partial charge is 0.460 e. The molecule has 0 aliphatic heterocycles. The van der Waals surface area contributed by atoms with Crippen LogP contribution in [0.1, 0.15) is 70.6 Å². The number of esters is 1. The van der Waals surface area contributed by atoms with Gasteiger partial charge in [-0.3, -0.25) is 14.4 Å². The molecule has 0 spiro atoms. The van der Waals surface area contributed by atoms with Crippen molar-refractivity contribution in [3.63, 3.8) is 0 Å². The first-order valence-corrected chi connectivity index (χ1v) is 16.5. The zero-order valence-corrected chi connectivity index (χ0v) is 28.6. The lowest BCUT2D eigenvalue weighted by molar-refractivity contribution is -0.156. The van der Waals surface area contributed by atoms with E-state index in [2.05, 4.69) is 26.6 Å². The average Bonchev–Trinajstić information content (AvgIpc) is 3.47. The molecule has 1 heterocycles. The number of alkyl carbamates (subject to hydrolysis) is 1. The van der Waals surface area contributed by atoms with Crippen LogP contribution in [0, 0.1) is 13.8 Å². The van der Waals surface area contributed by atoms with Gasteiger partial charge in [0.2, 0.25) is 5.91 Å². The van der Waals surface area contributed by atoms with E-state index in [1.165, 1.54) is 11.3 Å².